The molecule has 10 heteroatoms. The molecule has 1 N–H and O–H groups in total. The van der Waals surface area contributed by atoms with Gasteiger partial charge < -0.3 is 9.84 Å². The first-order chi connectivity index (χ1) is 16.4. The first kappa shape index (κ1) is 23.1. The topological polar surface area (TPSA) is 123 Å². The average Bonchev–Trinajstić information content (AvgIpc) is 3.46. The molecule has 2 heterocycles. The molecule has 1 fully saturated rings. The Kier molecular flexibility index (Phi) is 6.69. The van der Waals surface area contributed by atoms with Crippen molar-refractivity contribution in [2.24, 2.45) is 0 Å². The van der Waals surface area contributed by atoms with Gasteiger partial charge in [-0.1, -0.05) is 37.6 Å². The van der Waals surface area contributed by atoms with Crippen LogP contribution in [-0.4, -0.2) is 33.3 Å². The summed E-state index contributed by atoms with van der Waals surface area (Å²) in [5, 5.41) is 24.5. The van der Waals surface area contributed by atoms with Gasteiger partial charge in [-0.2, -0.15) is 0 Å². The Morgan fingerprint density at radius 1 is 1.24 bits per heavy atom. The van der Waals surface area contributed by atoms with E-state index in [0.29, 0.717) is 23.5 Å². The lowest BCUT2D eigenvalue weighted by atomic mass is 9.95. The molecule has 1 aromatic heterocycles. The number of aliphatic hydroxyl groups excluding tert-OH is 1. The third kappa shape index (κ3) is 4.40. The molecule has 34 heavy (non-hydrogen) atoms. The Balaban J connectivity index is 1.85. The molecule has 3 aromatic rings. The Morgan fingerprint density at radius 3 is 2.74 bits per heavy atom. The molecule has 4 rings (SSSR count). The van der Waals surface area contributed by atoms with Crippen molar-refractivity contribution < 1.29 is 24.4 Å². The van der Waals surface area contributed by atoms with E-state index in [-0.39, 0.29) is 16.4 Å². The van der Waals surface area contributed by atoms with E-state index < -0.39 is 28.4 Å². The van der Waals surface area contributed by atoms with Gasteiger partial charge in [0.05, 0.1) is 23.1 Å². The van der Waals surface area contributed by atoms with E-state index in [1.807, 2.05) is 6.92 Å². The lowest BCUT2D eigenvalue weighted by molar-refractivity contribution is -0.384. The number of nitrogens with zero attached hydrogens (tertiary/aromatic N) is 3. The highest BCUT2D eigenvalue weighted by Gasteiger charge is 2.48. The summed E-state index contributed by atoms with van der Waals surface area (Å²) < 4.78 is 5.70. The Morgan fingerprint density at radius 2 is 2.03 bits per heavy atom. The maximum Gasteiger partial charge on any atom is 0.301 e. The summed E-state index contributed by atoms with van der Waals surface area (Å²) in [6.45, 7) is 2.55. The number of carbonyl (C=O) groups excluding carboxylic acids is 2. The number of thiazole rings is 1. The quantitative estimate of drug-likeness (QED) is 0.122. The number of hydrogen-bond donors (Lipinski definition) is 1. The highest BCUT2D eigenvalue weighted by molar-refractivity contribution is 7.14. The van der Waals surface area contributed by atoms with Crippen molar-refractivity contribution in [3.05, 3.63) is 86.9 Å². The highest BCUT2D eigenvalue weighted by Crippen LogP contribution is 2.43. The van der Waals surface area contributed by atoms with E-state index in [0.717, 1.165) is 24.2 Å². The molecule has 0 aliphatic carbocycles. The van der Waals surface area contributed by atoms with Crippen LogP contribution >= 0.6 is 11.3 Å². The molecule has 174 valence electrons. The van der Waals surface area contributed by atoms with Crippen LogP contribution in [0.15, 0.2) is 65.7 Å². The number of aromatic nitrogens is 1. The van der Waals surface area contributed by atoms with Crippen molar-refractivity contribution in [3.63, 3.8) is 0 Å². The maximum atomic E-state index is 13.1. The predicted molar refractivity (Wildman–Crippen MR) is 127 cm³/mol. The highest BCUT2D eigenvalue weighted by atomic mass is 32.1. The zero-order chi connectivity index (χ0) is 24.2. The summed E-state index contributed by atoms with van der Waals surface area (Å²) in [5.41, 5.74) is 0.224. The SMILES string of the molecule is CCCCOc1cccc(C(O)=C2C(=O)C(=O)N(c3nccs3)C2c2cccc([N+](=O)[O-])c2)c1. The van der Waals surface area contributed by atoms with E-state index >= 15 is 0 Å². The normalized spacial score (nSPS) is 17.2. The van der Waals surface area contributed by atoms with Crippen LogP contribution in [0.1, 0.15) is 36.9 Å². The summed E-state index contributed by atoms with van der Waals surface area (Å²) in [7, 11) is 0. The zero-order valence-corrected chi connectivity index (χ0v) is 19.0. The molecule has 1 aliphatic rings. The van der Waals surface area contributed by atoms with Crippen molar-refractivity contribution in [2.45, 2.75) is 25.8 Å². The minimum atomic E-state index is -1.09. The van der Waals surface area contributed by atoms with E-state index in [4.69, 9.17) is 4.74 Å². The fourth-order valence-electron chi connectivity index (χ4n) is 3.71. The third-order valence-corrected chi connectivity index (χ3v) is 6.11. The lowest BCUT2D eigenvalue weighted by Gasteiger charge is -2.22. The average molecular weight is 480 g/mol. The van der Waals surface area contributed by atoms with Gasteiger partial charge >= 0.3 is 5.91 Å². The summed E-state index contributed by atoms with van der Waals surface area (Å²) in [5.74, 6) is -1.65. The molecule has 1 saturated heterocycles. The second-order valence-corrected chi connectivity index (χ2v) is 8.44. The number of rotatable bonds is 8. The van der Waals surface area contributed by atoms with E-state index in [1.165, 1.54) is 29.3 Å². The van der Waals surface area contributed by atoms with Gasteiger partial charge in [0.15, 0.2) is 5.13 Å². The fraction of sp³-hybridized carbons (Fsp3) is 0.208. The summed E-state index contributed by atoms with van der Waals surface area (Å²) in [6, 6.07) is 11.2. The van der Waals surface area contributed by atoms with Gasteiger partial charge in [-0.3, -0.25) is 24.6 Å². The number of non-ortho nitro benzene ring substituents is 1. The number of Topliss-reactive ketones (excluding diaryl/α,β-unsaturated/α-hetero) is 1. The molecule has 2 aromatic carbocycles. The van der Waals surface area contributed by atoms with E-state index in [9.17, 15) is 24.8 Å². The third-order valence-electron chi connectivity index (χ3n) is 5.34. The second kappa shape index (κ2) is 9.84. The fourth-order valence-corrected chi connectivity index (χ4v) is 4.38. The molecule has 9 nitrogen and oxygen atoms in total. The number of anilines is 1. The van der Waals surface area contributed by atoms with Gasteiger partial charge in [-0.05, 0) is 24.1 Å². The summed E-state index contributed by atoms with van der Waals surface area (Å²) >= 11 is 1.14. The van der Waals surface area contributed by atoms with Gasteiger partial charge in [0, 0.05) is 29.3 Å². The van der Waals surface area contributed by atoms with Crippen molar-refractivity contribution in [1.29, 1.82) is 0 Å². The molecular weight excluding hydrogens is 458 g/mol. The number of hydrogen-bond acceptors (Lipinski definition) is 8. The van der Waals surface area contributed by atoms with Crippen molar-refractivity contribution >= 4 is 39.6 Å². The molecule has 0 saturated carbocycles. The van der Waals surface area contributed by atoms with Crippen molar-refractivity contribution in [1.82, 2.24) is 4.98 Å². The van der Waals surface area contributed by atoms with Crippen LogP contribution in [0.25, 0.3) is 5.76 Å². The van der Waals surface area contributed by atoms with Gasteiger partial charge in [-0.25, -0.2) is 4.98 Å². The molecule has 0 radical (unpaired) electrons. The van der Waals surface area contributed by atoms with Crippen LogP contribution in [0, 0.1) is 10.1 Å². The van der Waals surface area contributed by atoms with Crippen LogP contribution in [0.3, 0.4) is 0 Å². The van der Waals surface area contributed by atoms with Crippen LogP contribution in [0.4, 0.5) is 10.8 Å². The van der Waals surface area contributed by atoms with Crippen LogP contribution in [0.5, 0.6) is 5.75 Å². The van der Waals surface area contributed by atoms with Gasteiger partial charge in [-0.15, -0.1) is 11.3 Å². The lowest BCUT2D eigenvalue weighted by Crippen LogP contribution is -2.29. The Bertz CT molecular complexity index is 1270. The second-order valence-electron chi connectivity index (χ2n) is 7.57. The number of ketones is 1. The number of unbranched alkanes of at least 4 members (excludes halogenated alkanes) is 1. The maximum absolute atomic E-state index is 13.1. The minimum Gasteiger partial charge on any atom is -0.507 e. The van der Waals surface area contributed by atoms with Gasteiger partial charge in [0.2, 0.25) is 0 Å². The molecular formula is C24H21N3O6S. The number of ether oxygens (including phenoxy) is 1. The molecule has 1 aliphatic heterocycles. The van der Waals surface area contributed by atoms with Gasteiger partial charge in [0.1, 0.15) is 11.5 Å². The largest absolute Gasteiger partial charge is 0.507 e. The number of carbonyl (C=O) groups is 2. The number of amides is 1. The molecule has 1 atom stereocenters. The van der Waals surface area contributed by atoms with Crippen molar-refractivity contribution in [2.75, 3.05) is 11.5 Å². The van der Waals surface area contributed by atoms with Crippen LogP contribution in [0.2, 0.25) is 0 Å². The number of benzene rings is 2. The minimum absolute atomic E-state index is 0.175. The van der Waals surface area contributed by atoms with Crippen LogP contribution < -0.4 is 9.64 Å². The number of nitro benzene ring substituents is 1. The Hall–Kier alpha value is -4.05. The first-order valence-electron chi connectivity index (χ1n) is 10.6. The molecule has 0 bridgehead atoms. The first-order valence-corrected chi connectivity index (χ1v) is 11.5. The predicted octanol–water partition coefficient (Wildman–Crippen LogP) is 4.86. The zero-order valence-electron chi connectivity index (χ0n) is 18.2. The Labute approximate surface area is 199 Å². The number of aliphatic hydroxyl groups is 1. The summed E-state index contributed by atoms with van der Waals surface area (Å²) in [6.07, 6.45) is 3.31. The summed E-state index contributed by atoms with van der Waals surface area (Å²) in [4.78, 5) is 42.3. The molecule has 1 unspecified atom stereocenters. The smallest absolute Gasteiger partial charge is 0.301 e. The monoisotopic (exact) mass is 479 g/mol. The standard InChI is InChI=1S/C24H21N3O6S/c1-2-3-11-33-18-9-5-7-16(14-18)21(28)19-20(15-6-4-8-17(13-15)27(31)32)26(23(30)22(19)29)24-25-10-12-34-24/h4-10,12-14,20,28H,2-3,11H2,1H3. The van der Waals surface area contributed by atoms with Crippen molar-refractivity contribution in [3.8, 4) is 5.75 Å². The van der Waals surface area contributed by atoms with Gasteiger partial charge in [0.25, 0.3) is 11.5 Å². The van der Waals surface area contributed by atoms with Crippen LogP contribution in [-0.2, 0) is 9.59 Å². The molecule has 0 spiro atoms. The van der Waals surface area contributed by atoms with E-state index in [1.54, 1.807) is 35.7 Å². The number of nitro groups is 1. The van der Waals surface area contributed by atoms with E-state index in [2.05, 4.69) is 4.98 Å². The molecule has 1 amide bonds.